The number of anilines is 2. The highest BCUT2D eigenvalue weighted by molar-refractivity contribution is 5.42. The summed E-state index contributed by atoms with van der Waals surface area (Å²) in [6.45, 7) is 0.642. The Kier molecular flexibility index (Phi) is 6.46. The summed E-state index contributed by atoms with van der Waals surface area (Å²) in [5.74, 6) is 4.83. The summed E-state index contributed by atoms with van der Waals surface area (Å²) in [4.78, 5) is 7.05. The van der Waals surface area contributed by atoms with Gasteiger partial charge in [-0.05, 0) is 12.8 Å². The average Bonchev–Trinajstić information content (AvgIpc) is 2.41. The van der Waals surface area contributed by atoms with Crippen molar-refractivity contribution in [3.8, 4) is 0 Å². The Morgan fingerprint density at radius 1 is 1.15 bits per heavy atom. The molecule has 0 fully saturated rings. The van der Waals surface area contributed by atoms with Crippen molar-refractivity contribution < 1.29 is 18.3 Å². The second kappa shape index (κ2) is 7.85. The van der Waals surface area contributed by atoms with Crippen molar-refractivity contribution in [2.45, 2.75) is 31.9 Å². The Morgan fingerprint density at radius 2 is 1.85 bits per heavy atom. The number of rotatable bonds is 8. The lowest BCUT2D eigenvalue weighted by Crippen LogP contribution is -2.17. The summed E-state index contributed by atoms with van der Waals surface area (Å²) >= 11 is 0. The number of hydrogen-bond donors (Lipinski definition) is 4. The zero-order valence-corrected chi connectivity index (χ0v) is 10.9. The van der Waals surface area contributed by atoms with E-state index < -0.39 is 11.9 Å². The molecule has 0 aromatic carbocycles. The number of nitrogens with one attached hydrogen (secondary N) is 2. The molecule has 1 aromatic rings. The predicted molar refractivity (Wildman–Crippen MR) is 68.9 cm³/mol. The Hall–Kier alpha value is -1.61. The quantitative estimate of drug-likeness (QED) is 0.331. The Bertz CT molecular complexity index is 414. The van der Waals surface area contributed by atoms with Crippen LogP contribution in [0.25, 0.3) is 0 Å². The molecule has 1 heterocycles. The van der Waals surface area contributed by atoms with Gasteiger partial charge in [0.15, 0.2) is 5.69 Å². The molecule has 1 aromatic heterocycles. The number of hydrogen-bond acceptors (Lipinski definition) is 6. The predicted octanol–water partition coefficient (Wildman–Crippen LogP) is 1.75. The molecule has 6 nitrogen and oxygen atoms in total. The van der Waals surface area contributed by atoms with E-state index in [9.17, 15) is 13.2 Å². The Morgan fingerprint density at radius 3 is 2.45 bits per heavy atom. The number of aliphatic hydroxyl groups is 1. The van der Waals surface area contributed by atoms with Crippen LogP contribution in [-0.2, 0) is 6.18 Å². The molecule has 5 N–H and O–H groups in total. The van der Waals surface area contributed by atoms with Crippen molar-refractivity contribution in [1.29, 1.82) is 0 Å². The minimum Gasteiger partial charge on any atom is -0.396 e. The maximum absolute atomic E-state index is 12.6. The SMILES string of the molecule is NNc1nc(NCCCCCCO)cc(C(F)(F)F)n1. The summed E-state index contributed by atoms with van der Waals surface area (Å²) in [6.07, 6.45) is -1.28. The second-order valence-corrected chi connectivity index (χ2v) is 4.17. The molecule has 0 bridgehead atoms. The molecule has 114 valence electrons. The second-order valence-electron chi connectivity index (χ2n) is 4.17. The van der Waals surface area contributed by atoms with Gasteiger partial charge in [0, 0.05) is 19.2 Å². The third kappa shape index (κ3) is 5.57. The van der Waals surface area contributed by atoms with Crippen molar-refractivity contribution >= 4 is 11.8 Å². The van der Waals surface area contributed by atoms with Crippen LogP contribution >= 0.6 is 0 Å². The van der Waals surface area contributed by atoms with Gasteiger partial charge in [0.25, 0.3) is 0 Å². The minimum absolute atomic E-state index is 0.0717. The largest absolute Gasteiger partial charge is 0.433 e. The van der Waals surface area contributed by atoms with Gasteiger partial charge in [-0.25, -0.2) is 10.8 Å². The van der Waals surface area contributed by atoms with Gasteiger partial charge in [-0.15, -0.1) is 0 Å². The maximum atomic E-state index is 12.6. The minimum atomic E-state index is -4.55. The summed E-state index contributed by atoms with van der Waals surface area (Å²) in [5, 5.41) is 11.4. The molecule has 0 spiro atoms. The van der Waals surface area contributed by atoms with Gasteiger partial charge in [-0.1, -0.05) is 12.8 Å². The summed E-state index contributed by atoms with van der Waals surface area (Å²) < 4.78 is 37.8. The monoisotopic (exact) mass is 293 g/mol. The smallest absolute Gasteiger partial charge is 0.396 e. The third-order valence-corrected chi connectivity index (χ3v) is 2.54. The van der Waals surface area contributed by atoms with Gasteiger partial charge in [0.05, 0.1) is 0 Å². The highest BCUT2D eigenvalue weighted by Gasteiger charge is 2.33. The van der Waals surface area contributed by atoms with E-state index in [0.29, 0.717) is 6.54 Å². The first-order valence-corrected chi connectivity index (χ1v) is 6.25. The molecule has 0 aliphatic rings. The third-order valence-electron chi connectivity index (χ3n) is 2.54. The first kappa shape index (κ1) is 16.4. The number of aliphatic hydroxyl groups excluding tert-OH is 1. The molecule has 0 aliphatic heterocycles. The lowest BCUT2D eigenvalue weighted by Gasteiger charge is -2.11. The van der Waals surface area contributed by atoms with E-state index in [1.54, 1.807) is 0 Å². The molecule has 0 saturated heterocycles. The van der Waals surface area contributed by atoms with E-state index in [-0.39, 0.29) is 18.4 Å². The van der Waals surface area contributed by atoms with Crippen molar-refractivity contribution in [2.24, 2.45) is 5.84 Å². The van der Waals surface area contributed by atoms with Gasteiger partial charge in [0.1, 0.15) is 5.82 Å². The zero-order valence-electron chi connectivity index (χ0n) is 10.9. The van der Waals surface area contributed by atoms with E-state index in [2.05, 4.69) is 15.3 Å². The molecule has 0 saturated carbocycles. The van der Waals surface area contributed by atoms with Crippen molar-refractivity contribution in [3.05, 3.63) is 11.8 Å². The number of aromatic nitrogens is 2. The molecule has 0 atom stereocenters. The van der Waals surface area contributed by atoms with Gasteiger partial charge in [-0.2, -0.15) is 18.2 Å². The summed E-state index contributed by atoms with van der Waals surface area (Å²) in [6, 6.07) is 0.842. The first-order valence-electron chi connectivity index (χ1n) is 6.25. The molecule has 0 amide bonds. The van der Waals surface area contributed by atoms with Crippen LogP contribution in [0.15, 0.2) is 6.07 Å². The highest BCUT2D eigenvalue weighted by Crippen LogP contribution is 2.29. The number of nitrogens with zero attached hydrogens (tertiary/aromatic N) is 2. The number of nitrogen functional groups attached to an aromatic ring is 1. The van der Waals surface area contributed by atoms with E-state index in [0.717, 1.165) is 31.7 Å². The standard InChI is InChI=1S/C11H18F3N5O/c12-11(13,14)8-7-9(18-10(17-8)19-15)16-5-3-1-2-4-6-20/h7,20H,1-6,15H2,(H2,16,17,18,19). The fraction of sp³-hybridized carbons (Fsp3) is 0.636. The number of unbranched alkanes of at least 4 members (excludes halogenated alkanes) is 3. The molecular formula is C11H18F3N5O. The lowest BCUT2D eigenvalue weighted by atomic mass is 10.2. The summed E-state index contributed by atoms with van der Waals surface area (Å²) in [5.41, 5.74) is 0.956. The zero-order chi connectivity index (χ0) is 15.0. The van der Waals surface area contributed by atoms with Crippen LogP contribution < -0.4 is 16.6 Å². The van der Waals surface area contributed by atoms with E-state index in [4.69, 9.17) is 10.9 Å². The van der Waals surface area contributed by atoms with E-state index in [1.165, 1.54) is 0 Å². The van der Waals surface area contributed by atoms with Crippen LogP contribution in [0.4, 0.5) is 24.9 Å². The van der Waals surface area contributed by atoms with Crippen LogP contribution in [0.2, 0.25) is 0 Å². The van der Waals surface area contributed by atoms with Crippen LogP contribution in [-0.4, -0.2) is 28.2 Å². The fourth-order valence-corrected chi connectivity index (χ4v) is 1.55. The highest BCUT2D eigenvalue weighted by atomic mass is 19.4. The van der Waals surface area contributed by atoms with Gasteiger partial charge < -0.3 is 10.4 Å². The van der Waals surface area contributed by atoms with Crippen LogP contribution in [0.5, 0.6) is 0 Å². The van der Waals surface area contributed by atoms with Gasteiger partial charge >= 0.3 is 6.18 Å². The topological polar surface area (TPSA) is 96.1 Å². The van der Waals surface area contributed by atoms with Crippen molar-refractivity contribution in [2.75, 3.05) is 23.9 Å². The molecule has 20 heavy (non-hydrogen) atoms. The number of alkyl halides is 3. The maximum Gasteiger partial charge on any atom is 0.433 e. The Balaban J connectivity index is 2.56. The molecule has 0 unspecified atom stereocenters. The molecule has 0 aliphatic carbocycles. The first-order chi connectivity index (χ1) is 9.47. The van der Waals surface area contributed by atoms with Crippen molar-refractivity contribution in [1.82, 2.24) is 9.97 Å². The lowest BCUT2D eigenvalue weighted by molar-refractivity contribution is -0.141. The molecule has 0 radical (unpaired) electrons. The Labute approximate surface area is 114 Å². The normalized spacial score (nSPS) is 11.4. The van der Waals surface area contributed by atoms with Crippen LogP contribution in [0.3, 0.4) is 0 Å². The molecule has 9 heteroatoms. The van der Waals surface area contributed by atoms with E-state index in [1.807, 2.05) is 5.43 Å². The van der Waals surface area contributed by atoms with Crippen LogP contribution in [0.1, 0.15) is 31.4 Å². The average molecular weight is 293 g/mol. The van der Waals surface area contributed by atoms with Gasteiger partial charge in [-0.3, -0.25) is 5.43 Å². The fourth-order valence-electron chi connectivity index (χ4n) is 1.55. The van der Waals surface area contributed by atoms with Crippen molar-refractivity contribution in [3.63, 3.8) is 0 Å². The number of nitrogens with two attached hydrogens (primary N) is 1. The van der Waals surface area contributed by atoms with Gasteiger partial charge in [0.2, 0.25) is 5.95 Å². The van der Waals surface area contributed by atoms with Crippen LogP contribution in [0, 0.1) is 0 Å². The molecular weight excluding hydrogens is 275 g/mol. The van der Waals surface area contributed by atoms with E-state index >= 15 is 0 Å². The molecule has 1 rings (SSSR count). The summed E-state index contributed by atoms with van der Waals surface area (Å²) in [7, 11) is 0. The number of halogens is 3. The number of hydrazine groups is 1.